The van der Waals surface area contributed by atoms with E-state index >= 15 is 0 Å². The number of benzene rings is 3. The van der Waals surface area contributed by atoms with E-state index in [0.29, 0.717) is 5.69 Å². The number of hydrogen-bond acceptors (Lipinski definition) is 4. The molecule has 0 aliphatic rings. The number of rotatable bonds is 5. The van der Waals surface area contributed by atoms with Gasteiger partial charge in [0.05, 0.1) is 17.5 Å². The van der Waals surface area contributed by atoms with Crippen molar-refractivity contribution in [2.75, 3.05) is 10.6 Å². The van der Waals surface area contributed by atoms with E-state index in [0.717, 1.165) is 22.0 Å². The third-order valence-electron chi connectivity index (χ3n) is 4.93. The molecule has 0 spiro atoms. The first-order valence-electron chi connectivity index (χ1n) is 10.2. The third kappa shape index (κ3) is 5.13. The van der Waals surface area contributed by atoms with Crippen LogP contribution in [0.4, 0.5) is 11.4 Å². The SMILES string of the molecule is Cc1ccc(NC(=O)c2ccccc2NC(=O)C(=O)N/N=C\c2c[nH]c3ccccc23)cc1. The molecule has 0 fully saturated rings. The second-order valence-electron chi connectivity index (χ2n) is 7.31. The summed E-state index contributed by atoms with van der Waals surface area (Å²) in [5, 5.41) is 10.0. The van der Waals surface area contributed by atoms with Crippen molar-refractivity contribution in [1.82, 2.24) is 10.4 Å². The third-order valence-corrected chi connectivity index (χ3v) is 4.93. The van der Waals surface area contributed by atoms with Crippen molar-refractivity contribution in [3.8, 4) is 0 Å². The highest BCUT2D eigenvalue weighted by atomic mass is 16.2. The molecule has 4 aromatic rings. The highest BCUT2D eigenvalue weighted by molar-refractivity contribution is 6.40. The molecule has 4 rings (SSSR count). The van der Waals surface area contributed by atoms with E-state index in [1.807, 2.05) is 43.3 Å². The van der Waals surface area contributed by atoms with Gasteiger partial charge in [0.25, 0.3) is 5.91 Å². The summed E-state index contributed by atoms with van der Waals surface area (Å²) >= 11 is 0. The fourth-order valence-corrected chi connectivity index (χ4v) is 3.22. The molecule has 3 aromatic carbocycles. The average Bonchev–Trinajstić information content (AvgIpc) is 3.24. The molecule has 1 aromatic heterocycles. The lowest BCUT2D eigenvalue weighted by atomic mass is 10.1. The van der Waals surface area contributed by atoms with Crippen LogP contribution in [-0.2, 0) is 9.59 Å². The largest absolute Gasteiger partial charge is 0.361 e. The van der Waals surface area contributed by atoms with Gasteiger partial charge >= 0.3 is 11.8 Å². The number of aromatic nitrogens is 1. The van der Waals surface area contributed by atoms with Crippen molar-refractivity contribution in [2.24, 2.45) is 5.10 Å². The van der Waals surface area contributed by atoms with Crippen LogP contribution in [0.3, 0.4) is 0 Å². The fraction of sp³-hybridized carbons (Fsp3) is 0.0400. The summed E-state index contributed by atoms with van der Waals surface area (Å²) in [4.78, 5) is 40.3. The minimum atomic E-state index is -0.958. The van der Waals surface area contributed by atoms with Crippen molar-refractivity contribution in [2.45, 2.75) is 6.92 Å². The fourth-order valence-electron chi connectivity index (χ4n) is 3.22. The summed E-state index contributed by atoms with van der Waals surface area (Å²) in [6.45, 7) is 1.95. The number of hydrazone groups is 1. The van der Waals surface area contributed by atoms with Crippen LogP contribution in [0.25, 0.3) is 10.9 Å². The average molecular weight is 439 g/mol. The van der Waals surface area contributed by atoms with E-state index in [1.54, 1.807) is 42.6 Å². The number of H-pyrrole nitrogens is 1. The summed E-state index contributed by atoms with van der Waals surface area (Å²) in [5.41, 5.74) is 6.03. The number of nitrogens with one attached hydrogen (secondary N) is 4. The lowest BCUT2D eigenvalue weighted by Gasteiger charge is -2.11. The van der Waals surface area contributed by atoms with Crippen LogP contribution in [-0.4, -0.2) is 28.9 Å². The number of hydrogen-bond donors (Lipinski definition) is 4. The highest BCUT2D eigenvalue weighted by Crippen LogP contribution is 2.18. The maximum absolute atomic E-state index is 12.7. The summed E-state index contributed by atoms with van der Waals surface area (Å²) < 4.78 is 0. The van der Waals surface area contributed by atoms with Crippen LogP contribution < -0.4 is 16.1 Å². The molecular weight excluding hydrogens is 418 g/mol. The van der Waals surface area contributed by atoms with Crippen molar-refractivity contribution in [1.29, 1.82) is 0 Å². The molecule has 0 atom stereocenters. The number of aryl methyl sites for hydroxylation is 1. The Balaban J connectivity index is 1.40. The Morgan fingerprint density at radius 1 is 0.848 bits per heavy atom. The molecule has 3 amide bonds. The van der Waals surface area contributed by atoms with E-state index in [9.17, 15) is 14.4 Å². The standard InChI is InChI=1S/C25H21N5O3/c1-16-10-12-18(13-11-16)28-23(31)20-7-3-5-9-22(20)29-24(32)25(33)30-27-15-17-14-26-21-8-4-2-6-19(17)21/h2-15,26H,1H3,(H,28,31)(H,29,32)(H,30,33)/b27-15-. The Kier molecular flexibility index (Phi) is 6.26. The summed E-state index contributed by atoms with van der Waals surface area (Å²) in [6.07, 6.45) is 3.20. The van der Waals surface area contributed by atoms with Crippen molar-refractivity contribution in [3.63, 3.8) is 0 Å². The predicted octanol–water partition coefficient (Wildman–Crippen LogP) is 3.82. The number of carbonyl (C=O) groups is 3. The van der Waals surface area contributed by atoms with Crippen molar-refractivity contribution >= 4 is 46.2 Å². The van der Waals surface area contributed by atoms with Gasteiger partial charge in [-0.25, -0.2) is 5.43 Å². The first-order valence-corrected chi connectivity index (χ1v) is 10.2. The number of para-hydroxylation sites is 2. The molecule has 8 heteroatoms. The van der Waals surface area contributed by atoms with Crippen molar-refractivity contribution < 1.29 is 14.4 Å². The quantitative estimate of drug-likeness (QED) is 0.215. The Labute approximate surface area is 189 Å². The van der Waals surface area contributed by atoms with Gasteiger partial charge in [-0.1, -0.05) is 48.0 Å². The molecule has 0 unspecified atom stereocenters. The number of fused-ring (bicyclic) bond motifs is 1. The normalized spacial score (nSPS) is 10.8. The zero-order valence-corrected chi connectivity index (χ0v) is 17.8. The topological polar surface area (TPSA) is 115 Å². The molecule has 1 heterocycles. The molecule has 0 aliphatic carbocycles. The highest BCUT2D eigenvalue weighted by Gasteiger charge is 2.17. The molecular formula is C25H21N5O3. The van der Waals surface area contributed by atoms with E-state index in [-0.39, 0.29) is 11.3 Å². The zero-order chi connectivity index (χ0) is 23.2. The molecule has 164 valence electrons. The first kappa shape index (κ1) is 21.5. The number of anilines is 2. The lowest BCUT2D eigenvalue weighted by molar-refractivity contribution is -0.136. The van der Waals surface area contributed by atoms with Gasteiger partial charge in [-0.15, -0.1) is 0 Å². The van der Waals surface area contributed by atoms with Crippen LogP contribution >= 0.6 is 0 Å². The van der Waals surface area contributed by atoms with Crippen LogP contribution in [0.15, 0.2) is 84.1 Å². The Hall–Kier alpha value is -4.72. The lowest BCUT2D eigenvalue weighted by Crippen LogP contribution is -2.33. The molecule has 33 heavy (non-hydrogen) atoms. The van der Waals surface area contributed by atoms with E-state index in [4.69, 9.17) is 0 Å². The monoisotopic (exact) mass is 439 g/mol. The molecule has 0 radical (unpaired) electrons. The van der Waals surface area contributed by atoms with Crippen LogP contribution in [0.1, 0.15) is 21.5 Å². The van der Waals surface area contributed by atoms with Gasteiger partial charge in [0.1, 0.15) is 0 Å². The number of aromatic amines is 1. The second-order valence-corrected chi connectivity index (χ2v) is 7.31. The molecule has 8 nitrogen and oxygen atoms in total. The number of nitrogens with zero attached hydrogens (tertiary/aromatic N) is 1. The molecule has 4 N–H and O–H groups in total. The summed E-state index contributed by atoms with van der Waals surface area (Å²) in [6, 6.07) is 21.4. The number of amides is 3. The van der Waals surface area contributed by atoms with Gasteiger partial charge in [0, 0.05) is 28.4 Å². The zero-order valence-electron chi connectivity index (χ0n) is 17.8. The van der Waals surface area contributed by atoms with Gasteiger partial charge in [-0.3, -0.25) is 14.4 Å². The maximum Gasteiger partial charge on any atom is 0.329 e. The molecule has 0 bridgehead atoms. The van der Waals surface area contributed by atoms with Gasteiger partial charge in [-0.05, 0) is 37.3 Å². The van der Waals surface area contributed by atoms with Crippen LogP contribution in [0.5, 0.6) is 0 Å². The van der Waals surface area contributed by atoms with Gasteiger partial charge in [0.15, 0.2) is 0 Å². The molecule has 0 aliphatic heterocycles. The summed E-state index contributed by atoms with van der Waals surface area (Å²) in [5.74, 6) is -2.31. The van der Waals surface area contributed by atoms with Crippen LogP contribution in [0, 0.1) is 6.92 Å². The van der Waals surface area contributed by atoms with Crippen LogP contribution in [0.2, 0.25) is 0 Å². The summed E-state index contributed by atoms with van der Waals surface area (Å²) in [7, 11) is 0. The minimum Gasteiger partial charge on any atom is -0.361 e. The maximum atomic E-state index is 12.7. The van der Waals surface area contributed by atoms with E-state index < -0.39 is 17.7 Å². The van der Waals surface area contributed by atoms with Gasteiger partial charge in [0.2, 0.25) is 0 Å². The Morgan fingerprint density at radius 3 is 2.39 bits per heavy atom. The van der Waals surface area contributed by atoms with Gasteiger partial charge < -0.3 is 15.6 Å². The molecule has 0 saturated carbocycles. The molecule has 0 saturated heterocycles. The Morgan fingerprint density at radius 2 is 1.58 bits per heavy atom. The number of carbonyl (C=O) groups excluding carboxylic acids is 3. The predicted molar refractivity (Wildman–Crippen MR) is 128 cm³/mol. The minimum absolute atomic E-state index is 0.211. The smallest absolute Gasteiger partial charge is 0.329 e. The Bertz CT molecular complexity index is 1360. The second kappa shape index (κ2) is 9.61. The van der Waals surface area contributed by atoms with E-state index in [2.05, 4.69) is 26.1 Å². The van der Waals surface area contributed by atoms with Gasteiger partial charge in [-0.2, -0.15) is 5.10 Å². The van der Waals surface area contributed by atoms with E-state index in [1.165, 1.54) is 6.21 Å². The first-order chi connectivity index (χ1) is 16.0. The van der Waals surface area contributed by atoms with Crippen molar-refractivity contribution in [3.05, 3.63) is 95.7 Å².